The summed E-state index contributed by atoms with van der Waals surface area (Å²) in [4.78, 5) is 45.6. The molecule has 1 saturated carbocycles. The van der Waals surface area contributed by atoms with Crippen molar-refractivity contribution < 1.29 is 14.7 Å². The maximum Gasteiger partial charge on any atom is 0.328 e. The number of hydrogen-bond donors (Lipinski definition) is 2. The van der Waals surface area contributed by atoms with Crippen molar-refractivity contribution in [1.82, 2.24) is 19.8 Å². The van der Waals surface area contributed by atoms with Gasteiger partial charge in [-0.2, -0.15) is 0 Å². The minimum Gasteiger partial charge on any atom is -0.480 e. The second kappa shape index (κ2) is 9.96. The lowest BCUT2D eigenvalue weighted by Crippen LogP contribution is -2.52. The number of rotatable bonds is 5. The van der Waals surface area contributed by atoms with Gasteiger partial charge in [0.1, 0.15) is 5.54 Å². The van der Waals surface area contributed by atoms with Crippen LogP contribution in [0.1, 0.15) is 101 Å². The number of nitrogens with one attached hydrogen (secondary N) is 1. The van der Waals surface area contributed by atoms with Gasteiger partial charge in [-0.3, -0.25) is 14.5 Å². The number of aliphatic carboxylic acids is 1. The molecule has 2 unspecified atom stereocenters. The topological polar surface area (TPSA) is 105 Å². The maximum absolute atomic E-state index is 13.8. The Labute approximate surface area is 212 Å². The van der Waals surface area contributed by atoms with E-state index in [-0.39, 0.29) is 11.7 Å². The summed E-state index contributed by atoms with van der Waals surface area (Å²) >= 11 is 0. The second-order valence-electron chi connectivity index (χ2n) is 11.5. The summed E-state index contributed by atoms with van der Waals surface area (Å²) < 4.78 is 1.78. The molecule has 2 atom stereocenters. The molecule has 0 spiro atoms. The highest BCUT2D eigenvalue weighted by Crippen LogP contribution is 2.44. The van der Waals surface area contributed by atoms with Crippen molar-refractivity contribution in [2.75, 3.05) is 0 Å². The van der Waals surface area contributed by atoms with Gasteiger partial charge < -0.3 is 15.0 Å². The zero-order valence-corrected chi connectivity index (χ0v) is 21.4. The van der Waals surface area contributed by atoms with Crippen LogP contribution in [0.25, 0.3) is 11.0 Å². The Morgan fingerprint density at radius 2 is 1.53 bits per heavy atom. The summed E-state index contributed by atoms with van der Waals surface area (Å²) in [6.45, 7) is 2.80. The van der Waals surface area contributed by atoms with Crippen molar-refractivity contribution in [3.05, 3.63) is 40.3 Å². The normalized spacial score (nSPS) is 25.9. The summed E-state index contributed by atoms with van der Waals surface area (Å²) in [6.07, 6.45) is 13.3. The van der Waals surface area contributed by atoms with E-state index >= 15 is 0 Å². The molecule has 0 radical (unpaired) electrons. The Bertz CT molecular complexity index is 1180. The molecule has 2 aromatic rings. The van der Waals surface area contributed by atoms with Crippen LogP contribution in [0.2, 0.25) is 0 Å². The lowest BCUT2D eigenvalue weighted by atomic mass is 9.89. The fourth-order valence-corrected chi connectivity index (χ4v) is 6.79. The van der Waals surface area contributed by atoms with Gasteiger partial charge in [-0.15, -0.1) is 0 Å². The summed E-state index contributed by atoms with van der Waals surface area (Å²) in [5.74, 6) is -1.92. The Hall–Kier alpha value is -2.74. The van der Waals surface area contributed by atoms with Gasteiger partial charge in [-0.25, -0.2) is 9.78 Å². The van der Waals surface area contributed by atoms with Gasteiger partial charge in [0.15, 0.2) is 5.69 Å². The molecule has 2 N–H and O–H groups in total. The minimum absolute atomic E-state index is 0.00765. The van der Waals surface area contributed by atoms with E-state index in [2.05, 4.69) is 15.2 Å². The summed E-state index contributed by atoms with van der Waals surface area (Å²) in [7, 11) is 0. The SMILES string of the molecule is CC(C)(NC(=O)c1nc2ccccc2n(C2CC3CCC(C2)N3C2CCCCCCC2)c1=O)C(=O)O. The van der Waals surface area contributed by atoms with E-state index in [9.17, 15) is 19.5 Å². The summed E-state index contributed by atoms with van der Waals surface area (Å²) in [5.41, 5.74) is -0.872. The molecule has 36 heavy (non-hydrogen) atoms. The third kappa shape index (κ3) is 4.67. The van der Waals surface area contributed by atoms with Gasteiger partial charge >= 0.3 is 5.97 Å². The van der Waals surface area contributed by atoms with Crippen LogP contribution in [-0.4, -0.2) is 55.1 Å². The molecule has 3 fully saturated rings. The van der Waals surface area contributed by atoms with Crippen LogP contribution < -0.4 is 10.9 Å². The molecule has 8 heteroatoms. The van der Waals surface area contributed by atoms with Gasteiger partial charge in [0.2, 0.25) is 0 Å². The predicted molar refractivity (Wildman–Crippen MR) is 138 cm³/mol. The number of benzene rings is 1. The molecule has 1 aromatic carbocycles. The molecule has 2 aliphatic heterocycles. The number of carbonyl (C=O) groups is 2. The number of fused-ring (bicyclic) bond motifs is 3. The third-order valence-electron chi connectivity index (χ3n) is 8.60. The number of para-hydroxylation sites is 2. The van der Waals surface area contributed by atoms with E-state index in [1.807, 2.05) is 24.3 Å². The highest BCUT2D eigenvalue weighted by Gasteiger charge is 2.45. The first-order chi connectivity index (χ1) is 17.3. The molecule has 5 rings (SSSR count). The Morgan fingerprint density at radius 3 is 2.17 bits per heavy atom. The fraction of sp³-hybridized carbons (Fsp3) is 0.643. The van der Waals surface area contributed by atoms with Crippen molar-refractivity contribution in [3.8, 4) is 0 Å². The molecule has 2 bridgehead atoms. The van der Waals surface area contributed by atoms with Crippen molar-refractivity contribution in [2.24, 2.45) is 0 Å². The standard InChI is InChI=1S/C28H38N4O4/c1-28(2,27(35)36)30-25(33)24-26(34)32(23-13-9-8-12-22(23)29-24)21-16-19-14-15-20(17-21)31(19)18-10-6-4-3-5-7-11-18/h8-9,12-13,18-21H,3-7,10-11,14-17H2,1-2H3,(H,30,33)(H,35,36). The monoisotopic (exact) mass is 494 g/mol. The number of carboxylic acid groups (broad SMARTS) is 1. The zero-order chi connectivity index (χ0) is 25.4. The third-order valence-corrected chi connectivity index (χ3v) is 8.60. The van der Waals surface area contributed by atoms with Crippen LogP contribution in [0.5, 0.6) is 0 Å². The van der Waals surface area contributed by atoms with Crippen LogP contribution >= 0.6 is 0 Å². The van der Waals surface area contributed by atoms with Crippen molar-refractivity contribution in [1.29, 1.82) is 0 Å². The molecule has 3 heterocycles. The Morgan fingerprint density at radius 1 is 0.917 bits per heavy atom. The molecule has 2 saturated heterocycles. The highest BCUT2D eigenvalue weighted by atomic mass is 16.4. The fourth-order valence-electron chi connectivity index (χ4n) is 6.79. The molecule has 1 aromatic heterocycles. The van der Waals surface area contributed by atoms with Gasteiger partial charge in [0, 0.05) is 24.2 Å². The van der Waals surface area contributed by atoms with Crippen LogP contribution in [0, 0.1) is 0 Å². The van der Waals surface area contributed by atoms with E-state index in [0.717, 1.165) is 31.2 Å². The summed E-state index contributed by atoms with van der Waals surface area (Å²) in [5, 5.41) is 11.9. The minimum atomic E-state index is -1.51. The average molecular weight is 495 g/mol. The number of amides is 1. The lowest BCUT2D eigenvalue weighted by Gasteiger charge is -2.45. The number of nitrogens with zero attached hydrogens (tertiary/aromatic N) is 3. The number of piperidine rings is 1. The molecule has 3 aliphatic rings. The number of aromatic nitrogens is 2. The number of carboxylic acids is 1. The number of carbonyl (C=O) groups excluding carboxylic acids is 1. The molecular weight excluding hydrogens is 456 g/mol. The Kier molecular flexibility index (Phi) is 6.90. The first-order valence-corrected chi connectivity index (χ1v) is 13.6. The molecular formula is C28H38N4O4. The zero-order valence-electron chi connectivity index (χ0n) is 21.4. The average Bonchev–Trinajstić information content (AvgIpc) is 3.07. The molecule has 1 amide bonds. The largest absolute Gasteiger partial charge is 0.480 e. The van der Waals surface area contributed by atoms with Crippen LogP contribution in [0.15, 0.2) is 29.1 Å². The van der Waals surface area contributed by atoms with E-state index in [1.165, 1.54) is 58.8 Å². The van der Waals surface area contributed by atoms with E-state index in [0.29, 0.717) is 23.6 Å². The van der Waals surface area contributed by atoms with E-state index in [1.54, 1.807) is 4.57 Å². The maximum atomic E-state index is 13.8. The lowest BCUT2D eigenvalue weighted by molar-refractivity contribution is -0.143. The number of hydrogen-bond acceptors (Lipinski definition) is 5. The van der Waals surface area contributed by atoms with Crippen molar-refractivity contribution >= 4 is 22.9 Å². The Balaban J connectivity index is 1.47. The smallest absolute Gasteiger partial charge is 0.328 e. The quantitative estimate of drug-likeness (QED) is 0.643. The van der Waals surface area contributed by atoms with Gasteiger partial charge in [0.25, 0.3) is 11.5 Å². The first-order valence-electron chi connectivity index (χ1n) is 13.6. The van der Waals surface area contributed by atoms with E-state index in [4.69, 9.17) is 0 Å². The highest BCUT2D eigenvalue weighted by molar-refractivity contribution is 5.97. The van der Waals surface area contributed by atoms with Gasteiger partial charge in [0.05, 0.1) is 11.0 Å². The predicted octanol–water partition coefficient (Wildman–Crippen LogP) is 4.27. The van der Waals surface area contributed by atoms with Crippen LogP contribution in [0.4, 0.5) is 0 Å². The molecule has 194 valence electrons. The van der Waals surface area contributed by atoms with Crippen molar-refractivity contribution in [2.45, 2.75) is 114 Å². The van der Waals surface area contributed by atoms with E-state index < -0.39 is 23.0 Å². The van der Waals surface area contributed by atoms with Crippen molar-refractivity contribution in [3.63, 3.8) is 0 Å². The van der Waals surface area contributed by atoms with Crippen LogP contribution in [-0.2, 0) is 4.79 Å². The van der Waals surface area contributed by atoms with Crippen LogP contribution in [0.3, 0.4) is 0 Å². The van der Waals surface area contributed by atoms with Gasteiger partial charge in [-0.1, -0.05) is 44.2 Å². The van der Waals surface area contributed by atoms with Gasteiger partial charge in [-0.05, 0) is 64.5 Å². The summed E-state index contributed by atoms with van der Waals surface area (Å²) in [6, 6.07) is 9.00. The molecule has 8 nitrogen and oxygen atoms in total. The first kappa shape index (κ1) is 24.9. The second-order valence-corrected chi connectivity index (χ2v) is 11.5. The molecule has 1 aliphatic carbocycles.